The highest BCUT2D eigenvalue weighted by Gasteiger charge is 2.34. The van der Waals surface area contributed by atoms with Gasteiger partial charge in [0.25, 0.3) is 0 Å². The first kappa shape index (κ1) is 15.3. The standard InChI is InChI=1S/C14H29N3O/c1-4-14(7-6-8-14)11-17-13(15-5-2)16-9-12(3)10-18/h12,18H,4-11H2,1-3H3,(H2,15,16,17). The maximum atomic E-state index is 9.02. The van der Waals surface area contributed by atoms with Crippen molar-refractivity contribution in [2.45, 2.75) is 46.5 Å². The lowest BCUT2D eigenvalue weighted by molar-refractivity contribution is 0.139. The fourth-order valence-electron chi connectivity index (χ4n) is 2.22. The summed E-state index contributed by atoms with van der Waals surface area (Å²) >= 11 is 0. The van der Waals surface area contributed by atoms with Crippen molar-refractivity contribution in [2.24, 2.45) is 16.3 Å². The Hall–Kier alpha value is -0.770. The largest absolute Gasteiger partial charge is 0.396 e. The normalized spacial score (nSPS) is 20.1. The molecule has 106 valence electrons. The third kappa shape index (κ3) is 4.48. The van der Waals surface area contributed by atoms with E-state index in [-0.39, 0.29) is 12.5 Å². The molecule has 1 unspecified atom stereocenters. The van der Waals surface area contributed by atoms with Crippen LogP contribution in [0.5, 0.6) is 0 Å². The Kier molecular flexibility index (Phi) is 6.47. The molecule has 0 bridgehead atoms. The van der Waals surface area contributed by atoms with Crippen LogP contribution < -0.4 is 10.6 Å². The lowest BCUT2D eigenvalue weighted by Crippen LogP contribution is -2.41. The van der Waals surface area contributed by atoms with Crippen LogP contribution in [0.4, 0.5) is 0 Å². The van der Waals surface area contributed by atoms with E-state index in [0.29, 0.717) is 5.41 Å². The summed E-state index contributed by atoms with van der Waals surface area (Å²) < 4.78 is 0. The minimum absolute atomic E-state index is 0.214. The van der Waals surface area contributed by atoms with Crippen molar-refractivity contribution in [1.82, 2.24) is 10.6 Å². The molecule has 1 rings (SSSR count). The number of nitrogens with zero attached hydrogens (tertiary/aromatic N) is 1. The Balaban J connectivity index is 2.44. The van der Waals surface area contributed by atoms with Gasteiger partial charge in [0.05, 0.1) is 0 Å². The average Bonchev–Trinajstić information content (AvgIpc) is 2.34. The van der Waals surface area contributed by atoms with Crippen LogP contribution in [0.1, 0.15) is 46.5 Å². The second kappa shape index (κ2) is 7.62. The maximum Gasteiger partial charge on any atom is 0.191 e. The summed E-state index contributed by atoms with van der Waals surface area (Å²) in [7, 11) is 0. The van der Waals surface area contributed by atoms with E-state index in [1.165, 1.54) is 25.7 Å². The van der Waals surface area contributed by atoms with E-state index >= 15 is 0 Å². The molecular formula is C14H29N3O. The van der Waals surface area contributed by atoms with E-state index < -0.39 is 0 Å². The van der Waals surface area contributed by atoms with Gasteiger partial charge in [0.15, 0.2) is 5.96 Å². The lowest BCUT2D eigenvalue weighted by atomic mass is 9.67. The Morgan fingerprint density at radius 1 is 1.33 bits per heavy atom. The van der Waals surface area contributed by atoms with Gasteiger partial charge in [0, 0.05) is 26.2 Å². The van der Waals surface area contributed by atoms with E-state index in [1.54, 1.807) is 0 Å². The molecule has 0 heterocycles. The van der Waals surface area contributed by atoms with E-state index in [2.05, 4.69) is 24.5 Å². The molecule has 1 aliphatic rings. The zero-order valence-corrected chi connectivity index (χ0v) is 12.1. The quantitative estimate of drug-likeness (QED) is 0.480. The number of rotatable bonds is 7. The fraction of sp³-hybridized carbons (Fsp3) is 0.929. The highest BCUT2D eigenvalue weighted by atomic mass is 16.3. The highest BCUT2D eigenvalue weighted by molar-refractivity contribution is 5.79. The van der Waals surface area contributed by atoms with E-state index in [9.17, 15) is 0 Å². The Morgan fingerprint density at radius 3 is 2.50 bits per heavy atom. The van der Waals surface area contributed by atoms with Crippen molar-refractivity contribution in [3.8, 4) is 0 Å². The molecule has 3 N–H and O–H groups in total. The van der Waals surface area contributed by atoms with Crippen molar-refractivity contribution >= 4 is 5.96 Å². The zero-order chi connectivity index (χ0) is 13.4. The highest BCUT2D eigenvalue weighted by Crippen LogP contribution is 2.43. The summed E-state index contributed by atoms with van der Waals surface area (Å²) in [5.41, 5.74) is 0.463. The molecule has 1 fully saturated rings. The van der Waals surface area contributed by atoms with Crippen LogP contribution in [0, 0.1) is 11.3 Å². The topological polar surface area (TPSA) is 56.7 Å². The second-order valence-corrected chi connectivity index (χ2v) is 5.57. The second-order valence-electron chi connectivity index (χ2n) is 5.57. The van der Waals surface area contributed by atoms with Crippen LogP contribution in [0.25, 0.3) is 0 Å². The van der Waals surface area contributed by atoms with Gasteiger partial charge in [0.1, 0.15) is 0 Å². The molecule has 0 aliphatic heterocycles. The summed E-state index contributed by atoms with van der Waals surface area (Å²) in [5, 5.41) is 15.6. The van der Waals surface area contributed by atoms with Gasteiger partial charge in [-0.25, -0.2) is 0 Å². The predicted octanol–water partition coefficient (Wildman–Crippen LogP) is 1.75. The smallest absolute Gasteiger partial charge is 0.191 e. The van der Waals surface area contributed by atoms with Crippen LogP contribution in [0.15, 0.2) is 4.99 Å². The minimum Gasteiger partial charge on any atom is -0.396 e. The number of hydrogen-bond donors (Lipinski definition) is 3. The van der Waals surface area contributed by atoms with E-state index in [1.807, 2.05) is 6.92 Å². The molecule has 4 heteroatoms. The SMILES string of the molecule is CCNC(=NCC1(CC)CCC1)NCC(C)CO. The molecule has 1 aliphatic carbocycles. The van der Waals surface area contributed by atoms with Gasteiger partial charge in [-0.15, -0.1) is 0 Å². The maximum absolute atomic E-state index is 9.02. The molecule has 1 saturated carbocycles. The van der Waals surface area contributed by atoms with Gasteiger partial charge in [-0.2, -0.15) is 0 Å². The molecule has 4 nitrogen and oxygen atoms in total. The first-order chi connectivity index (χ1) is 8.65. The summed E-state index contributed by atoms with van der Waals surface area (Å²) in [6.45, 7) is 9.14. The number of guanidine groups is 1. The van der Waals surface area contributed by atoms with Crippen molar-refractivity contribution in [3.05, 3.63) is 0 Å². The first-order valence-corrected chi connectivity index (χ1v) is 7.29. The Bertz CT molecular complexity index is 256. The molecule has 0 radical (unpaired) electrons. The summed E-state index contributed by atoms with van der Waals surface area (Å²) in [5.74, 6) is 1.15. The summed E-state index contributed by atoms with van der Waals surface area (Å²) in [4.78, 5) is 4.70. The van der Waals surface area contributed by atoms with Crippen molar-refractivity contribution < 1.29 is 5.11 Å². The lowest BCUT2D eigenvalue weighted by Gasteiger charge is -2.40. The van der Waals surface area contributed by atoms with Gasteiger partial charge in [0.2, 0.25) is 0 Å². The Labute approximate surface area is 111 Å². The van der Waals surface area contributed by atoms with Crippen molar-refractivity contribution in [1.29, 1.82) is 0 Å². The van der Waals surface area contributed by atoms with Gasteiger partial charge in [-0.1, -0.05) is 20.3 Å². The third-order valence-corrected chi connectivity index (χ3v) is 4.01. The molecule has 0 aromatic rings. The molecule has 1 atom stereocenters. The third-order valence-electron chi connectivity index (χ3n) is 4.01. The van der Waals surface area contributed by atoms with Crippen molar-refractivity contribution in [2.75, 3.05) is 26.2 Å². The van der Waals surface area contributed by atoms with Gasteiger partial charge in [-0.3, -0.25) is 4.99 Å². The molecule has 0 amide bonds. The average molecular weight is 255 g/mol. The number of aliphatic hydroxyl groups is 1. The van der Waals surface area contributed by atoms with Crippen LogP contribution in [0.2, 0.25) is 0 Å². The first-order valence-electron chi connectivity index (χ1n) is 7.29. The number of aliphatic imine (C=N–C) groups is 1. The van der Waals surface area contributed by atoms with Gasteiger partial charge in [-0.05, 0) is 37.5 Å². The summed E-state index contributed by atoms with van der Waals surface area (Å²) in [6.07, 6.45) is 5.22. The number of nitrogens with one attached hydrogen (secondary N) is 2. The van der Waals surface area contributed by atoms with Gasteiger partial charge >= 0.3 is 0 Å². The Morgan fingerprint density at radius 2 is 2.06 bits per heavy atom. The molecule has 0 aromatic carbocycles. The minimum atomic E-state index is 0.214. The molecule has 0 spiro atoms. The van der Waals surface area contributed by atoms with Gasteiger partial charge < -0.3 is 15.7 Å². The van der Waals surface area contributed by atoms with Crippen LogP contribution in [0.3, 0.4) is 0 Å². The van der Waals surface area contributed by atoms with Crippen LogP contribution in [-0.4, -0.2) is 37.3 Å². The predicted molar refractivity (Wildman–Crippen MR) is 76.8 cm³/mol. The molecule has 18 heavy (non-hydrogen) atoms. The number of hydrogen-bond acceptors (Lipinski definition) is 2. The molecule has 0 saturated heterocycles. The molecule has 0 aromatic heterocycles. The molecular weight excluding hydrogens is 226 g/mol. The fourth-order valence-corrected chi connectivity index (χ4v) is 2.22. The summed E-state index contributed by atoms with van der Waals surface area (Å²) in [6, 6.07) is 0. The van der Waals surface area contributed by atoms with E-state index in [0.717, 1.165) is 25.6 Å². The van der Waals surface area contributed by atoms with Crippen molar-refractivity contribution in [3.63, 3.8) is 0 Å². The van der Waals surface area contributed by atoms with Crippen LogP contribution >= 0.6 is 0 Å². The zero-order valence-electron chi connectivity index (χ0n) is 12.1. The van der Waals surface area contributed by atoms with E-state index in [4.69, 9.17) is 10.1 Å². The monoisotopic (exact) mass is 255 g/mol. The number of aliphatic hydroxyl groups excluding tert-OH is 1. The van der Waals surface area contributed by atoms with Crippen LogP contribution in [-0.2, 0) is 0 Å².